The van der Waals surface area contributed by atoms with Crippen LogP contribution in [0.5, 0.6) is 0 Å². The average Bonchev–Trinajstić information content (AvgIpc) is 2.94. The Morgan fingerprint density at radius 1 is 1.48 bits per heavy atom. The second-order valence-corrected chi connectivity index (χ2v) is 5.36. The Bertz CT molecular complexity index is 660. The van der Waals surface area contributed by atoms with E-state index in [0.29, 0.717) is 13.0 Å². The molecule has 0 atom stereocenters. The van der Waals surface area contributed by atoms with E-state index in [0.717, 1.165) is 16.4 Å². The summed E-state index contributed by atoms with van der Waals surface area (Å²) in [7, 11) is 0. The number of nitrogens with zero attached hydrogens (tertiary/aromatic N) is 3. The third-order valence-corrected chi connectivity index (χ3v) is 3.84. The second-order valence-electron chi connectivity index (χ2n) is 4.41. The third kappa shape index (κ3) is 4.10. The molecule has 1 N–H and O–H groups in total. The Hall–Kier alpha value is -2.26. The van der Waals surface area contributed by atoms with Crippen molar-refractivity contribution in [1.29, 1.82) is 5.26 Å². The minimum absolute atomic E-state index is 0.0883. The molecule has 2 rings (SSSR count). The Labute approximate surface area is 128 Å². The summed E-state index contributed by atoms with van der Waals surface area (Å²) >= 11 is 1.38. The van der Waals surface area contributed by atoms with Crippen molar-refractivity contribution in [3.05, 3.63) is 42.2 Å². The van der Waals surface area contributed by atoms with E-state index in [1.807, 2.05) is 48.0 Å². The number of aryl methyl sites for hydroxylation is 1. The normalized spacial score (nSPS) is 10.1. The third-order valence-electron chi connectivity index (χ3n) is 2.87. The van der Waals surface area contributed by atoms with Crippen LogP contribution < -0.4 is 5.32 Å². The molecule has 1 aromatic carbocycles. The molecule has 108 valence electrons. The van der Waals surface area contributed by atoms with Gasteiger partial charge in [-0.2, -0.15) is 5.26 Å². The van der Waals surface area contributed by atoms with Crippen LogP contribution in [-0.4, -0.2) is 27.8 Å². The molecule has 1 amide bonds. The topological polar surface area (TPSA) is 70.7 Å². The fraction of sp³-hybridized carbons (Fsp3) is 0.267. The molecule has 0 aliphatic rings. The Morgan fingerprint density at radius 2 is 2.29 bits per heavy atom. The number of carbonyl (C=O) groups is 1. The van der Waals surface area contributed by atoms with Crippen LogP contribution in [0.25, 0.3) is 5.69 Å². The van der Waals surface area contributed by atoms with E-state index < -0.39 is 0 Å². The monoisotopic (exact) mass is 300 g/mol. The van der Waals surface area contributed by atoms with Crippen LogP contribution >= 0.6 is 11.8 Å². The first-order valence-corrected chi connectivity index (χ1v) is 7.56. The van der Waals surface area contributed by atoms with Crippen LogP contribution in [0.4, 0.5) is 0 Å². The molecule has 0 fully saturated rings. The number of benzene rings is 1. The molecule has 2 aromatic rings. The zero-order chi connectivity index (χ0) is 15.1. The highest BCUT2D eigenvalue weighted by Crippen LogP contribution is 2.22. The van der Waals surface area contributed by atoms with Crippen LogP contribution in [0.2, 0.25) is 0 Å². The van der Waals surface area contributed by atoms with Gasteiger partial charge in [0.05, 0.1) is 23.9 Å². The zero-order valence-corrected chi connectivity index (χ0v) is 12.6. The smallest absolute Gasteiger partial charge is 0.230 e. The van der Waals surface area contributed by atoms with Crippen molar-refractivity contribution in [2.45, 2.75) is 18.5 Å². The van der Waals surface area contributed by atoms with Crippen molar-refractivity contribution < 1.29 is 4.79 Å². The Kier molecular flexibility index (Phi) is 5.41. The molecule has 0 unspecified atom stereocenters. The maximum Gasteiger partial charge on any atom is 0.230 e. The highest BCUT2D eigenvalue weighted by atomic mass is 32.2. The predicted octanol–water partition coefficient (Wildman–Crippen LogP) is 2.30. The summed E-state index contributed by atoms with van der Waals surface area (Å²) < 4.78 is 1.97. The standard InChI is InChI=1S/C15H16N4OS/c1-12-5-2-3-6-13(12)19-10-9-18-15(19)21-11-14(20)17-8-4-7-16/h2-3,5-6,9-10H,4,8,11H2,1H3,(H,17,20). The van der Waals surface area contributed by atoms with Gasteiger partial charge in [-0.25, -0.2) is 4.98 Å². The van der Waals surface area contributed by atoms with E-state index in [2.05, 4.69) is 10.3 Å². The number of nitrogens with one attached hydrogen (secondary N) is 1. The van der Waals surface area contributed by atoms with Crippen LogP contribution in [0, 0.1) is 18.3 Å². The Morgan fingerprint density at radius 3 is 3.05 bits per heavy atom. The summed E-state index contributed by atoms with van der Waals surface area (Å²) in [5, 5.41) is 11.9. The van der Waals surface area contributed by atoms with Crippen molar-refractivity contribution in [3.63, 3.8) is 0 Å². The van der Waals surface area contributed by atoms with Gasteiger partial charge in [0.25, 0.3) is 0 Å². The van der Waals surface area contributed by atoms with Crippen molar-refractivity contribution in [3.8, 4) is 11.8 Å². The SMILES string of the molecule is Cc1ccccc1-n1ccnc1SCC(=O)NCCC#N. The summed E-state index contributed by atoms with van der Waals surface area (Å²) in [6.07, 6.45) is 3.94. The van der Waals surface area contributed by atoms with Gasteiger partial charge in [0, 0.05) is 18.9 Å². The van der Waals surface area contributed by atoms with Crippen molar-refractivity contribution >= 4 is 17.7 Å². The van der Waals surface area contributed by atoms with Crippen molar-refractivity contribution in [1.82, 2.24) is 14.9 Å². The van der Waals surface area contributed by atoms with E-state index in [1.165, 1.54) is 11.8 Å². The highest BCUT2D eigenvalue weighted by molar-refractivity contribution is 7.99. The number of carbonyl (C=O) groups excluding carboxylic acids is 1. The molecule has 0 aliphatic heterocycles. The van der Waals surface area contributed by atoms with Gasteiger partial charge in [0.1, 0.15) is 0 Å². The second kappa shape index (κ2) is 7.50. The fourth-order valence-electron chi connectivity index (χ4n) is 1.85. The van der Waals surface area contributed by atoms with E-state index >= 15 is 0 Å². The van der Waals surface area contributed by atoms with Gasteiger partial charge in [0.15, 0.2) is 5.16 Å². The lowest BCUT2D eigenvalue weighted by atomic mass is 10.2. The summed E-state index contributed by atoms with van der Waals surface area (Å²) in [6, 6.07) is 10.0. The molecule has 1 heterocycles. The van der Waals surface area contributed by atoms with E-state index in [1.54, 1.807) is 6.20 Å². The summed E-state index contributed by atoms with van der Waals surface area (Å²) in [4.78, 5) is 15.9. The number of aromatic nitrogens is 2. The molecule has 0 spiro atoms. The van der Waals surface area contributed by atoms with Gasteiger partial charge in [-0.3, -0.25) is 9.36 Å². The summed E-state index contributed by atoms with van der Waals surface area (Å²) in [5.74, 6) is 0.198. The number of nitriles is 1. The maximum absolute atomic E-state index is 11.6. The molecule has 0 aliphatic carbocycles. The van der Waals surface area contributed by atoms with Gasteiger partial charge in [-0.05, 0) is 18.6 Å². The summed E-state index contributed by atoms with van der Waals surface area (Å²) in [5.41, 5.74) is 2.21. The highest BCUT2D eigenvalue weighted by Gasteiger charge is 2.09. The molecule has 1 aromatic heterocycles. The molecular weight excluding hydrogens is 284 g/mol. The van der Waals surface area contributed by atoms with Crippen LogP contribution in [0.15, 0.2) is 41.8 Å². The van der Waals surface area contributed by atoms with E-state index in [9.17, 15) is 4.79 Å². The molecule has 21 heavy (non-hydrogen) atoms. The summed E-state index contributed by atoms with van der Waals surface area (Å²) in [6.45, 7) is 2.43. The van der Waals surface area contributed by atoms with Crippen LogP contribution in [-0.2, 0) is 4.79 Å². The lowest BCUT2D eigenvalue weighted by Crippen LogP contribution is -2.26. The molecule has 5 nitrogen and oxygen atoms in total. The minimum atomic E-state index is -0.0883. The first kappa shape index (κ1) is 15.1. The largest absolute Gasteiger partial charge is 0.354 e. The molecule has 0 saturated carbocycles. The first-order chi connectivity index (χ1) is 10.2. The quantitative estimate of drug-likeness (QED) is 0.656. The van der Waals surface area contributed by atoms with Crippen LogP contribution in [0.3, 0.4) is 0 Å². The number of amides is 1. The van der Waals surface area contributed by atoms with Gasteiger partial charge < -0.3 is 5.32 Å². The zero-order valence-electron chi connectivity index (χ0n) is 11.7. The fourth-order valence-corrected chi connectivity index (χ4v) is 2.65. The molecule has 6 heteroatoms. The molecule has 0 saturated heterocycles. The van der Waals surface area contributed by atoms with Crippen molar-refractivity contribution in [2.75, 3.05) is 12.3 Å². The lowest BCUT2D eigenvalue weighted by Gasteiger charge is -2.10. The lowest BCUT2D eigenvalue weighted by molar-refractivity contribution is -0.118. The van der Waals surface area contributed by atoms with Gasteiger partial charge in [-0.1, -0.05) is 30.0 Å². The maximum atomic E-state index is 11.6. The Balaban J connectivity index is 2.00. The number of imidazole rings is 1. The van der Waals surface area contributed by atoms with Gasteiger partial charge in [-0.15, -0.1) is 0 Å². The molecule has 0 bridgehead atoms. The van der Waals surface area contributed by atoms with Crippen molar-refractivity contribution in [2.24, 2.45) is 0 Å². The minimum Gasteiger partial charge on any atom is -0.354 e. The van der Waals surface area contributed by atoms with Gasteiger partial charge >= 0.3 is 0 Å². The van der Waals surface area contributed by atoms with E-state index in [4.69, 9.17) is 5.26 Å². The average molecular weight is 300 g/mol. The number of thioether (sulfide) groups is 1. The predicted molar refractivity (Wildman–Crippen MR) is 82.3 cm³/mol. The van der Waals surface area contributed by atoms with E-state index in [-0.39, 0.29) is 11.7 Å². The van der Waals surface area contributed by atoms with Crippen LogP contribution in [0.1, 0.15) is 12.0 Å². The number of hydrogen-bond donors (Lipinski definition) is 1. The number of rotatable bonds is 6. The van der Waals surface area contributed by atoms with Gasteiger partial charge in [0.2, 0.25) is 5.91 Å². The first-order valence-electron chi connectivity index (χ1n) is 6.58. The molecular formula is C15H16N4OS. The number of para-hydroxylation sites is 1. The number of hydrogen-bond acceptors (Lipinski definition) is 4. The molecule has 0 radical (unpaired) electrons.